The van der Waals surface area contributed by atoms with Crippen LogP contribution in [-0.4, -0.2) is 28.9 Å². The van der Waals surface area contributed by atoms with Crippen LogP contribution < -0.4 is 11.1 Å². The molecule has 0 spiro atoms. The summed E-state index contributed by atoms with van der Waals surface area (Å²) in [6.07, 6.45) is -1.70. The maximum absolute atomic E-state index is 13.9. The second-order valence-electron chi connectivity index (χ2n) is 5.61. The van der Waals surface area contributed by atoms with Gasteiger partial charge in [-0.3, -0.25) is 4.79 Å². The molecule has 8 heteroatoms. The molecule has 0 aromatic heterocycles. The molecule has 0 bridgehead atoms. The zero-order valence-corrected chi connectivity index (χ0v) is 12.6. The minimum absolute atomic E-state index is 0.0164. The van der Waals surface area contributed by atoms with Crippen molar-refractivity contribution in [2.45, 2.75) is 44.8 Å². The highest BCUT2D eigenvalue weighted by molar-refractivity contribution is 5.87. The second-order valence-corrected chi connectivity index (χ2v) is 5.61. The number of carbonyl (C=O) groups is 2. The molecule has 1 aromatic rings. The number of primary amides is 1. The first-order chi connectivity index (χ1) is 10.8. The summed E-state index contributed by atoms with van der Waals surface area (Å²) in [5, 5.41) is 2.35. The van der Waals surface area contributed by atoms with Crippen LogP contribution in [0.1, 0.15) is 37.3 Å². The number of amides is 3. The van der Waals surface area contributed by atoms with E-state index in [1.54, 1.807) is 6.92 Å². The third-order valence-electron chi connectivity index (χ3n) is 3.97. The number of benzene rings is 1. The lowest BCUT2D eigenvalue weighted by atomic mass is 9.97. The van der Waals surface area contributed by atoms with E-state index < -0.39 is 30.2 Å². The quantitative estimate of drug-likeness (QED) is 0.889. The Balaban J connectivity index is 2.21. The van der Waals surface area contributed by atoms with Gasteiger partial charge in [0.1, 0.15) is 11.9 Å². The van der Waals surface area contributed by atoms with E-state index in [-0.39, 0.29) is 23.7 Å². The van der Waals surface area contributed by atoms with Crippen molar-refractivity contribution in [2.75, 3.05) is 0 Å². The number of rotatable bonds is 4. The molecule has 1 heterocycles. The molecule has 126 valence electrons. The van der Waals surface area contributed by atoms with Crippen molar-refractivity contribution in [1.82, 2.24) is 10.2 Å². The van der Waals surface area contributed by atoms with Crippen molar-refractivity contribution in [3.05, 3.63) is 35.1 Å². The molecule has 0 saturated carbocycles. The molecule has 2 atom stereocenters. The largest absolute Gasteiger partial charge is 0.352 e. The minimum atomic E-state index is -2.71. The number of likely N-dealkylation sites (tertiary alicyclic amines) is 1. The number of nitrogens with one attached hydrogen (secondary N) is 1. The van der Waals surface area contributed by atoms with Gasteiger partial charge in [0.05, 0.1) is 0 Å². The monoisotopic (exact) mass is 329 g/mol. The van der Waals surface area contributed by atoms with Gasteiger partial charge in [0.2, 0.25) is 5.91 Å². The zero-order chi connectivity index (χ0) is 17.1. The fourth-order valence-corrected chi connectivity index (χ4v) is 2.68. The molecule has 1 aliphatic rings. The Labute approximate surface area is 131 Å². The summed E-state index contributed by atoms with van der Waals surface area (Å²) in [4.78, 5) is 24.7. The maximum atomic E-state index is 13.9. The van der Waals surface area contributed by atoms with E-state index >= 15 is 0 Å². The first-order valence-electron chi connectivity index (χ1n) is 7.22. The molecule has 1 aliphatic heterocycles. The van der Waals surface area contributed by atoms with Gasteiger partial charge in [-0.2, -0.15) is 0 Å². The molecule has 0 unspecified atom stereocenters. The average molecular weight is 329 g/mol. The lowest BCUT2D eigenvalue weighted by molar-refractivity contribution is -0.139. The van der Waals surface area contributed by atoms with Gasteiger partial charge in [-0.15, -0.1) is 0 Å². The van der Waals surface area contributed by atoms with Crippen LogP contribution in [0, 0.1) is 5.82 Å². The molecular formula is C15H18F3N3O2. The number of hydrogen-bond donors (Lipinski definition) is 2. The lowest BCUT2D eigenvalue weighted by Crippen LogP contribution is -2.55. The van der Waals surface area contributed by atoms with Crippen LogP contribution in [0.2, 0.25) is 0 Å². The van der Waals surface area contributed by atoms with Gasteiger partial charge < -0.3 is 16.0 Å². The number of alkyl halides is 2. The van der Waals surface area contributed by atoms with Crippen molar-refractivity contribution in [2.24, 2.45) is 5.73 Å². The number of nitrogens with two attached hydrogens (primary N) is 1. The first kappa shape index (κ1) is 17.1. The Kier molecular flexibility index (Phi) is 5.12. The van der Waals surface area contributed by atoms with Crippen LogP contribution in [-0.2, 0) is 11.3 Å². The lowest BCUT2D eigenvalue weighted by Gasteiger charge is -2.37. The number of hydrogen-bond acceptors (Lipinski definition) is 2. The van der Waals surface area contributed by atoms with Crippen LogP contribution in [0.3, 0.4) is 0 Å². The van der Waals surface area contributed by atoms with Crippen molar-refractivity contribution in [1.29, 1.82) is 0 Å². The molecule has 3 N–H and O–H groups in total. The van der Waals surface area contributed by atoms with Crippen LogP contribution in [0.5, 0.6) is 0 Å². The van der Waals surface area contributed by atoms with Gasteiger partial charge in [0.25, 0.3) is 6.43 Å². The zero-order valence-electron chi connectivity index (χ0n) is 12.6. The summed E-state index contributed by atoms with van der Waals surface area (Å²) < 4.78 is 39.4. The van der Waals surface area contributed by atoms with Crippen molar-refractivity contribution < 1.29 is 22.8 Å². The molecular weight excluding hydrogens is 311 g/mol. The van der Waals surface area contributed by atoms with Gasteiger partial charge in [-0.25, -0.2) is 18.0 Å². The SMILES string of the molecule is C[C@@H]1CC[C@@H](NC(N)=O)C(=O)N1Cc1cc(C(F)F)ccc1F. The predicted molar refractivity (Wildman–Crippen MR) is 77.1 cm³/mol. The van der Waals surface area contributed by atoms with Gasteiger partial charge in [0.15, 0.2) is 0 Å². The van der Waals surface area contributed by atoms with Crippen LogP contribution in [0.15, 0.2) is 18.2 Å². The Morgan fingerprint density at radius 1 is 1.43 bits per heavy atom. The highest BCUT2D eigenvalue weighted by atomic mass is 19.3. The number of nitrogens with zero attached hydrogens (tertiary/aromatic N) is 1. The number of carbonyl (C=O) groups excluding carboxylic acids is 2. The summed E-state index contributed by atoms with van der Waals surface area (Å²) in [7, 11) is 0. The Bertz CT molecular complexity index is 610. The third kappa shape index (κ3) is 3.94. The molecule has 0 radical (unpaired) electrons. The number of piperidine rings is 1. The van der Waals surface area contributed by atoms with E-state index in [2.05, 4.69) is 5.32 Å². The molecule has 1 saturated heterocycles. The molecule has 1 fully saturated rings. The van der Waals surface area contributed by atoms with Crippen molar-refractivity contribution in [3.8, 4) is 0 Å². The number of halogens is 3. The molecule has 2 rings (SSSR count). The van der Waals surface area contributed by atoms with Gasteiger partial charge >= 0.3 is 6.03 Å². The summed E-state index contributed by atoms with van der Waals surface area (Å²) in [5.41, 5.74) is 4.75. The molecule has 0 aliphatic carbocycles. The van der Waals surface area contributed by atoms with Crippen LogP contribution >= 0.6 is 0 Å². The van der Waals surface area contributed by atoms with Gasteiger partial charge in [-0.1, -0.05) is 6.07 Å². The fraction of sp³-hybridized carbons (Fsp3) is 0.467. The number of urea groups is 1. The van der Waals surface area contributed by atoms with Gasteiger partial charge in [0, 0.05) is 23.7 Å². The highest BCUT2D eigenvalue weighted by Crippen LogP contribution is 2.25. The van der Waals surface area contributed by atoms with E-state index in [1.807, 2.05) is 0 Å². The van der Waals surface area contributed by atoms with Crippen molar-refractivity contribution in [3.63, 3.8) is 0 Å². The normalized spacial score (nSPS) is 21.6. The summed E-state index contributed by atoms with van der Waals surface area (Å²) >= 11 is 0. The van der Waals surface area contributed by atoms with Crippen LogP contribution in [0.25, 0.3) is 0 Å². The fourth-order valence-electron chi connectivity index (χ4n) is 2.68. The molecule has 3 amide bonds. The smallest absolute Gasteiger partial charge is 0.312 e. The first-order valence-corrected chi connectivity index (χ1v) is 7.22. The van der Waals surface area contributed by atoms with E-state index in [0.29, 0.717) is 12.8 Å². The summed E-state index contributed by atoms with van der Waals surface area (Å²) in [6, 6.07) is 1.26. The van der Waals surface area contributed by atoms with Crippen molar-refractivity contribution >= 4 is 11.9 Å². The second kappa shape index (κ2) is 6.89. The standard InChI is InChI=1S/C15H18F3N3O2/c1-8-2-5-12(20-15(19)23)14(22)21(8)7-10-6-9(13(17)18)3-4-11(10)16/h3-4,6,8,12-13H,2,5,7H2,1H3,(H3,19,20,23)/t8-,12-/m1/s1. The van der Waals surface area contributed by atoms with E-state index in [9.17, 15) is 22.8 Å². The third-order valence-corrected chi connectivity index (χ3v) is 3.97. The van der Waals surface area contributed by atoms with E-state index in [0.717, 1.165) is 18.2 Å². The Morgan fingerprint density at radius 2 is 2.13 bits per heavy atom. The molecule has 23 heavy (non-hydrogen) atoms. The summed E-state index contributed by atoms with van der Waals surface area (Å²) in [5.74, 6) is -1.05. The average Bonchev–Trinajstić information content (AvgIpc) is 2.47. The molecule has 1 aromatic carbocycles. The van der Waals surface area contributed by atoms with E-state index in [1.165, 1.54) is 4.90 Å². The Hall–Kier alpha value is -2.25. The van der Waals surface area contributed by atoms with Gasteiger partial charge in [-0.05, 0) is 31.9 Å². The predicted octanol–water partition coefficient (Wildman–Crippen LogP) is 2.31. The molecule has 5 nitrogen and oxygen atoms in total. The topological polar surface area (TPSA) is 75.4 Å². The van der Waals surface area contributed by atoms with Crippen LogP contribution in [0.4, 0.5) is 18.0 Å². The maximum Gasteiger partial charge on any atom is 0.312 e. The van der Waals surface area contributed by atoms with E-state index in [4.69, 9.17) is 5.73 Å². The Morgan fingerprint density at radius 3 is 2.74 bits per heavy atom. The summed E-state index contributed by atoms with van der Waals surface area (Å²) in [6.45, 7) is 1.65. The minimum Gasteiger partial charge on any atom is -0.352 e. The highest BCUT2D eigenvalue weighted by Gasteiger charge is 2.34.